The number of methoxy groups -OCH3 is 1. The molecule has 0 aliphatic heterocycles. The monoisotopic (exact) mass is 391 g/mol. The van der Waals surface area contributed by atoms with Crippen molar-refractivity contribution in [3.8, 4) is 5.75 Å². The zero-order valence-electron chi connectivity index (χ0n) is 16.8. The van der Waals surface area contributed by atoms with Gasteiger partial charge in [-0.1, -0.05) is 6.07 Å². The molecular weight excluding hydrogens is 366 g/mol. The van der Waals surface area contributed by atoms with Gasteiger partial charge in [-0.05, 0) is 68.4 Å². The van der Waals surface area contributed by atoms with Crippen LogP contribution in [0.15, 0.2) is 60.7 Å². The van der Waals surface area contributed by atoms with Crippen molar-refractivity contribution in [3.05, 3.63) is 66.2 Å². The van der Waals surface area contributed by atoms with Crippen LogP contribution in [0.2, 0.25) is 0 Å². The molecule has 0 radical (unpaired) electrons. The average Bonchev–Trinajstić information content (AvgIpc) is 2.77. The zero-order valence-corrected chi connectivity index (χ0v) is 16.8. The van der Waals surface area contributed by atoms with Gasteiger partial charge in [0.2, 0.25) is 0 Å². The van der Waals surface area contributed by atoms with Crippen LogP contribution < -0.4 is 20.3 Å². The number of benzene rings is 2. The first-order valence-electron chi connectivity index (χ1n) is 9.54. The minimum Gasteiger partial charge on any atom is -0.497 e. The van der Waals surface area contributed by atoms with Gasteiger partial charge in [0.1, 0.15) is 5.75 Å². The summed E-state index contributed by atoms with van der Waals surface area (Å²) in [5, 5.41) is 14.1. The van der Waals surface area contributed by atoms with Crippen molar-refractivity contribution < 1.29 is 9.53 Å². The van der Waals surface area contributed by atoms with Crippen LogP contribution >= 0.6 is 0 Å². The summed E-state index contributed by atoms with van der Waals surface area (Å²) in [5.74, 6) is 1.32. The summed E-state index contributed by atoms with van der Waals surface area (Å²) < 4.78 is 5.14. The Labute approximate surface area is 170 Å². The molecule has 1 amide bonds. The maximum absolute atomic E-state index is 12.3. The Kier molecular flexibility index (Phi) is 6.63. The number of nitrogens with zero attached hydrogens (tertiary/aromatic N) is 3. The largest absolute Gasteiger partial charge is 0.497 e. The highest BCUT2D eigenvalue weighted by molar-refractivity contribution is 6.04. The molecule has 0 fully saturated rings. The fourth-order valence-electron chi connectivity index (χ4n) is 2.91. The van der Waals surface area contributed by atoms with E-state index in [1.165, 1.54) is 5.69 Å². The molecular formula is C22H25N5O2. The second kappa shape index (κ2) is 9.54. The molecule has 0 aliphatic carbocycles. The summed E-state index contributed by atoms with van der Waals surface area (Å²) in [6.07, 6.45) is 0. The van der Waals surface area contributed by atoms with Crippen LogP contribution in [0.3, 0.4) is 0 Å². The number of carbonyl (C=O) groups excluding carboxylic acids is 1. The number of aromatic nitrogens is 2. The molecule has 7 nitrogen and oxygen atoms in total. The molecule has 150 valence electrons. The fourth-order valence-corrected chi connectivity index (χ4v) is 2.91. The highest BCUT2D eigenvalue weighted by Crippen LogP contribution is 2.20. The molecule has 0 bridgehead atoms. The normalized spacial score (nSPS) is 10.3. The number of hydrogen-bond donors (Lipinski definition) is 2. The predicted octanol–water partition coefficient (Wildman–Crippen LogP) is 4.33. The molecule has 2 aromatic carbocycles. The molecule has 0 saturated heterocycles. The molecule has 2 N–H and O–H groups in total. The molecule has 7 heteroatoms. The van der Waals surface area contributed by atoms with Crippen LogP contribution in [0.5, 0.6) is 5.75 Å². The lowest BCUT2D eigenvalue weighted by molar-refractivity contribution is 0.102. The van der Waals surface area contributed by atoms with Crippen LogP contribution in [-0.2, 0) is 0 Å². The third-order valence-corrected chi connectivity index (χ3v) is 4.51. The highest BCUT2D eigenvalue weighted by Gasteiger charge is 2.09. The lowest BCUT2D eigenvalue weighted by Crippen LogP contribution is -2.21. The first kappa shape index (κ1) is 20.1. The molecule has 0 aliphatic rings. The lowest BCUT2D eigenvalue weighted by atomic mass is 10.2. The van der Waals surface area contributed by atoms with Crippen molar-refractivity contribution in [1.29, 1.82) is 0 Å². The van der Waals surface area contributed by atoms with E-state index in [4.69, 9.17) is 4.74 Å². The standard InChI is InChI=1S/C22H25N5O2/c1-4-27(5-2)18-11-9-17(10-12-18)23-20-13-14-21(26-25-20)24-22(28)16-7-6-8-19(15-16)29-3/h6-15H,4-5H2,1-3H3,(H,23,25)(H,24,26,28). The Morgan fingerprint density at radius 3 is 2.28 bits per heavy atom. The summed E-state index contributed by atoms with van der Waals surface area (Å²) in [5.41, 5.74) is 2.59. The molecule has 0 atom stereocenters. The van der Waals surface area contributed by atoms with Crippen LogP contribution in [0.25, 0.3) is 0 Å². The Morgan fingerprint density at radius 1 is 0.966 bits per heavy atom. The van der Waals surface area contributed by atoms with Crippen molar-refractivity contribution in [2.24, 2.45) is 0 Å². The van der Waals surface area contributed by atoms with Crippen molar-refractivity contribution in [3.63, 3.8) is 0 Å². The van der Waals surface area contributed by atoms with Crippen molar-refractivity contribution in [1.82, 2.24) is 10.2 Å². The van der Waals surface area contributed by atoms with Gasteiger partial charge in [-0.25, -0.2) is 0 Å². The van der Waals surface area contributed by atoms with Gasteiger partial charge in [0.05, 0.1) is 7.11 Å². The molecule has 3 aromatic rings. The molecule has 0 spiro atoms. The molecule has 0 saturated carbocycles. The van der Waals surface area contributed by atoms with E-state index in [1.54, 1.807) is 43.5 Å². The molecule has 1 heterocycles. The van der Waals surface area contributed by atoms with E-state index in [1.807, 2.05) is 12.1 Å². The van der Waals surface area contributed by atoms with E-state index in [0.29, 0.717) is 22.9 Å². The Hall–Kier alpha value is -3.61. The lowest BCUT2D eigenvalue weighted by Gasteiger charge is -2.21. The van der Waals surface area contributed by atoms with Gasteiger partial charge in [0.15, 0.2) is 11.6 Å². The van der Waals surface area contributed by atoms with Crippen molar-refractivity contribution >= 4 is 28.9 Å². The number of amides is 1. The quantitative estimate of drug-likeness (QED) is 0.595. The SMILES string of the molecule is CCN(CC)c1ccc(Nc2ccc(NC(=O)c3cccc(OC)c3)nn2)cc1. The number of nitrogens with one attached hydrogen (secondary N) is 2. The van der Waals surface area contributed by atoms with Gasteiger partial charge in [-0.3, -0.25) is 4.79 Å². The van der Waals surface area contributed by atoms with Crippen LogP contribution in [0, 0.1) is 0 Å². The average molecular weight is 391 g/mol. The minimum atomic E-state index is -0.272. The van der Waals surface area contributed by atoms with Gasteiger partial charge in [0.25, 0.3) is 5.91 Å². The number of ether oxygens (including phenoxy) is 1. The van der Waals surface area contributed by atoms with Gasteiger partial charge in [-0.2, -0.15) is 0 Å². The smallest absolute Gasteiger partial charge is 0.256 e. The maximum atomic E-state index is 12.3. The zero-order chi connectivity index (χ0) is 20.6. The summed E-state index contributed by atoms with van der Waals surface area (Å²) in [6.45, 7) is 6.22. The summed E-state index contributed by atoms with van der Waals surface area (Å²) in [6, 6.07) is 18.6. The van der Waals surface area contributed by atoms with Gasteiger partial charge in [-0.15, -0.1) is 10.2 Å². The Bertz CT molecular complexity index is 938. The van der Waals surface area contributed by atoms with E-state index >= 15 is 0 Å². The summed E-state index contributed by atoms with van der Waals surface area (Å²) in [4.78, 5) is 14.6. The topological polar surface area (TPSA) is 79.4 Å². The molecule has 29 heavy (non-hydrogen) atoms. The molecule has 1 aromatic heterocycles. The van der Waals surface area contributed by atoms with E-state index in [9.17, 15) is 4.79 Å². The minimum absolute atomic E-state index is 0.272. The van der Waals surface area contributed by atoms with Crippen molar-refractivity contribution in [2.45, 2.75) is 13.8 Å². The summed E-state index contributed by atoms with van der Waals surface area (Å²) in [7, 11) is 1.56. The van der Waals surface area contributed by atoms with E-state index in [0.717, 1.165) is 18.8 Å². The molecule has 3 rings (SSSR count). The maximum Gasteiger partial charge on any atom is 0.256 e. The van der Waals surface area contributed by atoms with Crippen LogP contribution in [0.4, 0.5) is 23.0 Å². The first-order valence-corrected chi connectivity index (χ1v) is 9.54. The van der Waals surface area contributed by atoms with Crippen LogP contribution in [-0.4, -0.2) is 36.3 Å². The van der Waals surface area contributed by atoms with E-state index in [-0.39, 0.29) is 5.91 Å². The Morgan fingerprint density at radius 2 is 1.66 bits per heavy atom. The number of carbonyl (C=O) groups is 1. The highest BCUT2D eigenvalue weighted by atomic mass is 16.5. The van der Waals surface area contributed by atoms with Gasteiger partial charge >= 0.3 is 0 Å². The predicted molar refractivity (Wildman–Crippen MR) is 116 cm³/mol. The fraction of sp³-hybridized carbons (Fsp3) is 0.227. The number of anilines is 4. The van der Waals surface area contributed by atoms with Crippen LogP contribution in [0.1, 0.15) is 24.2 Å². The number of hydrogen-bond acceptors (Lipinski definition) is 6. The van der Waals surface area contributed by atoms with E-state index < -0.39 is 0 Å². The Balaban J connectivity index is 1.62. The number of rotatable bonds is 8. The third-order valence-electron chi connectivity index (χ3n) is 4.51. The second-order valence-electron chi connectivity index (χ2n) is 6.33. The van der Waals surface area contributed by atoms with E-state index in [2.05, 4.69) is 51.7 Å². The van der Waals surface area contributed by atoms with Gasteiger partial charge < -0.3 is 20.3 Å². The second-order valence-corrected chi connectivity index (χ2v) is 6.33. The van der Waals surface area contributed by atoms with Gasteiger partial charge in [0, 0.05) is 30.0 Å². The first-order chi connectivity index (χ1) is 14.1. The molecule has 0 unspecified atom stereocenters. The third kappa shape index (κ3) is 5.22. The summed E-state index contributed by atoms with van der Waals surface area (Å²) >= 11 is 0. The van der Waals surface area contributed by atoms with Crippen molar-refractivity contribution in [2.75, 3.05) is 35.7 Å².